The van der Waals surface area contributed by atoms with Gasteiger partial charge < -0.3 is 20.6 Å². The molecule has 18 heavy (non-hydrogen) atoms. The molecule has 1 heterocycles. The van der Waals surface area contributed by atoms with E-state index in [0.29, 0.717) is 11.2 Å². The summed E-state index contributed by atoms with van der Waals surface area (Å²) in [7, 11) is 0. The van der Waals surface area contributed by atoms with Crippen molar-refractivity contribution in [3.05, 3.63) is 22.7 Å². The van der Waals surface area contributed by atoms with Crippen LogP contribution in [0.15, 0.2) is 21.3 Å². The zero-order chi connectivity index (χ0) is 13.3. The number of hydrogen-bond acceptors (Lipinski definition) is 5. The molecule has 0 saturated carbocycles. The molecule has 0 bridgehead atoms. The van der Waals surface area contributed by atoms with Crippen LogP contribution >= 0.6 is 0 Å². The van der Waals surface area contributed by atoms with Gasteiger partial charge in [0.25, 0.3) is 6.43 Å². The van der Waals surface area contributed by atoms with Gasteiger partial charge in [-0.2, -0.15) is 0 Å². The highest BCUT2D eigenvalue weighted by molar-refractivity contribution is 5.85. The molecule has 2 aromatic rings. The second-order valence-corrected chi connectivity index (χ2v) is 3.73. The van der Waals surface area contributed by atoms with E-state index in [1.165, 1.54) is 12.1 Å². The van der Waals surface area contributed by atoms with Crippen molar-refractivity contribution in [2.24, 2.45) is 0 Å². The van der Waals surface area contributed by atoms with Crippen LogP contribution in [-0.4, -0.2) is 29.2 Å². The molecule has 1 unspecified atom stereocenters. The minimum atomic E-state index is -2.84. The van der Waals surface area contributed by atoms with Crippen molar-refractivity contribution in [2.45, 2.75) is 12.5 Å². The van der Waals surface area contributed by atoms with Crippen LogP contribution in [-0.2, 0) is 0 Å². The van der Waals surface area contributed by atoms with Crippen molar-refractivity contribution in [3.8, 4) is 0 Å². The van der Waals surface area contributed by atoms with Crippen LogP contribution in [0.3, 0.4) is 0 Å². The summed E-state index contributed by atoms with van der Waals surface area (Å²) in [6, 6.07) is 2.85. The summed E-state index contributed by atoms with van der Waals surface area (Å²) < 4.78 is 29.0. The number of fused-ring (bicyclic) bond motifs is 1. The first-order valence-electron chi connectivity index (χ1n) is 5.10. The molecule has 0 spiro atoms. The Balaban J connectivity index is 2.22. The van der Waals surface area contributed by atoms with Crippen LogP contribution < -0.4 is 16.8 Å². The molecular weight excluding hydrogens is 248 g/mol. The number of aromatic nitrogens is 1. The van der Waals surface area contributed by atoms with E-state index in [-0.39, 0.29) is 17.8 Å². The predicted octanol–water partition coefficient (Wildman–Crippen LogP) is 0.741. The number of rotatable bonds is 4. The molecule has 0 aliphatic rings. The molecule has 98 valence electrons. The lowest BCUT2D eigenvalue weighted by atomic mass is 10.2. The number of aromatic amines is 1. The van der Waals surface area contributed by atoms with Crippen molar-refractivity contribution in [1.82, 2.24) is 4.98 Å². The number of oxazole rings is 1. The Morgan fingerprint density at radius 1 is 1.50 bits per heavy atom. The average Bonchev–Trinajstić information content (AvgIpc) is 2.64. The molecule has 0 saturated heterocycles. The number of hydrogen-bond donors (Lipinski definition) is 4. The monoisotopic (exact) mass is 259 g/mol. The quantitative estimate of drug-likeness (QED) is 0.606. The van der Waals surface area contributed by atoms with Gasteiger partial charge in [0.15, 0.2) is 5.58 Å². The summed E-state index contributed by atoms with van der Waals surface area (Å²) in [5.74, 6) is -0.630. The molecule has 8 heteroatoms. The van der Waals surface area contributed by atoms with E-state index < -0.39 is 18.3 Å². The highest BCUT2D eigenvalue weighted by Gasteiger charge is 2.17. The summed E-state index contributed by atoms with van der Waals surface area (Å²) in [6.45, 7) is -0.352. The van der Waals surface area contributed by atoms with Crippen molar-refractivity contribution in [3.63, 3.8) is 0 Å². The first-order chi connectivity index (χ1) is 8.47. The van der Waals surface area contributed by atoms with Crippen molar-refractivity contribution in [1.29, 1.82) is 0 Å². The van der Waals surface area contributed by atoms with Crippen LogP contribution in [0.25, 0.3) is 11.1 Å². The minimum Gasteiger partial charge on any atom is -0.408 e. The lowest BCUT2D eigenvalue weighted by Crippen LogP contribution is -2.27. The Morgan fingerprint density at radius 2 is 2.22 bits per heavy atom. The molecule has 1 aromatic carbocycles. The van der Waals surface area contributed by atoms with Gasteiger partial charge in [0.05, 0.1) is 16.9 Å². The molecule has 2 rings (SSSR count). The Morgan fingerprint density at radius 3 is 2.89 bits per heavy atom. The van der Waals surface area contributed by atoms with Gasteiger partial charge in [-0.05, 0) is 6.07 Å². The topological polar surface area (TPSA) is 104 Å². The molecule has 1 atom stereocenters. The summed E-state index contributed by atoms with van der Waals surface area (Å²) in [4.78, 5) is 13.4. The fourth-order valence-electron chi connectivity index (χ4n) is 1.47. The summed E-state index contributed by atoms with van der Waals surface area (Å²) in [6.07, 6.45) is -4.63. The van der Waals surface area contributed by atoms with E-state index in [0.717, 1.165) is 0 Å². The molecule has 0 radical (unpaired) electrons. The second-order valence-electron chi connectivity index (χ2n) is 3.73. The first-order valence-corrected chi connectivity index (χ1v) is 5.10. The van der Waals surface area contributed by atoms with Crippen LogP contribution in [0.5, 0.6) is 0 Å². The van der Waals surface area contributed by atoms with E-state index in [4.69, 9.17) is 15.3 Å². The molecule has 5 N–H and O–H groups in total. The molecule has 0 fully saturated rings. The summed E-state index contributed by atoms with van der Waals surface area (Å²) in [5, 5.41) is 11.5. The lowest BCUT2D eigenvalue weighted by Gasteiger charge is -2.13. The number of aliphatic hydroxyl groups is 1. The summed E-state index contributed by atoms with van der Waals surface area (Å²) >= 11 is 0. The predicted molar refractivity (Wildman–Crippen MR) is 61.7 cm³/mol. The van der Waals surface area contributed by atoms with E-state index in [1.54, 1.807) is 0 Å². The number of nitrogens with one attached hydrogen (secondary N) is 2. The molecule has 1 aromatic heterocycles. The van der Waals surface area contributed by atoms with Crippen molar-refractivity contribution >= 4 is 22.5 Å². The zero-order valence-electron chi connectivity index (χ0n) is 9.11. The molecule has 0 aliphatic carbocycles. The minimum absolute atomic E-state index is 0.228. The number of nitrogens with two attached hydrogens (primary N) is 1. The fourth-order valence-corrected chi connectivity index (χ4v) is 1.47. The number of nitrogen functional groups attached to an aromatic ring is 1. The Bertz CT molecular complexity index is 608. The second kappa shape index (κ2) is 4.65. The van der Waals surface area contributed by atoms with E-state index in [9.17, 15) is 13.6 Å². The highest BCUT2D eigenvalue weighted by atomic mass is 19.3. The first kappa shape index (κ1) is 12.4. The lowest BCUT2D eigenvalue weighted by molar-refractivity contribution is 0.00385. The maximum absolute atomic E-state index is 12.1. The van der Waals surface area contributed by atoms with Gasteiger partial charge in [-0.15, -0.1) is 0 Å². The molecule has 0 aliphatic heterocycles. The Hall–Kier alpha value is -2.09. The van der Waals surface area contributed by atoms with Crippen LogP contribution in [0, 0.1) is 0 Å². The Labute approximate surface area is 99.4 Å². The number of H-pyrrole nitrogens is 1. The van der Waals surface area contributed by atoms with Gasteiger partial charge in [-0.3, -0.25) is 4.98 Å². The number of anilines is 2. The normalized spacial score (nSPS) is 13.1. The van der Waals surface area contributed by atoms with Gasteiger partial charge in [0.2, 0.25) is 0 Å². The third kappa shape index (κ3) is 2.43. The maximum Gasteiger partial charge on any atom is 0.417 e. The van der Waals surface area contributed by atoms with Gasteiger partial charge in [-0.1, -0.05) is 0 Å². The number of aliphatic hydroxyl groups excluding tert-OH is 1. The van der Waals surface area contributed by atoms with Crippen LogP contribution in [0.2, 0.25) is 0 Å². The molecular formula is C10H11F2N3O3. The number of halogens is 2. The van der Waals surface area contributed by atoms with Gasteiger partial charge >= 0.3 is 5.76 Å². The number of benzene rings is 1. The van der Waals surface area contributed by atoms with E-state index in [2.05, 4.69) is 10.3 Å². The number of alkyl halides is 2. The standard InChI is InChI=1S/C10H11F2N3O3/c11-9(12)7(16)3-14-5-2-6-8(1-4(5)13)18-10(17)15-6/h1-2,7,9,14,16H,3,13H2,(H,15,17). The van der Waals surface area contributed by atoms with Gasteiger partial charge in [-0.25, -0.2) is 13.6 Å². The van der Waals surface area contributed by atoms with Crippen LogP contribution in [0.4, 0.5) is 20.2 Å². The average molecular weight is 259 g/mol. The van der Waals surface area contributed by atoms with Crippen LogP contribution in [0.1, 0.15) is 0 Å². The SMILES string of the molecule is Nc1cc2oc(=O)[nH]c2cc1NCC(O)C(F)F. The smallest absolute Gasteiger partial charge is 0.408 e. The fraction of sp³-hybridized carbons (Fsp3) is 0.300. The summed E-state index contributed by atoms with van der Waals surface area (Å²) in [5.41, 5.74) is 6.88. The maximum atomic E-state index is 12.1. The third-order valence-corrected chi connectivity index (χ3v) is 2.38. The largest absolute Gasteiger partial charge is 0.417 e. The van der Waals surface area contributed by atoms with Crippen molar-refractivity contribution in [2.75, 3.05) is 17.6 Å². The van der Waals surface area contributed by atoms with Crippen molar-refractivity contribution < 1.29 is 18.3 Å². The third-order valence-electron chi connectivity index (χ3n) is 2.38. The van der Waals surface area contributed by atoms with E-state index in [1.807, 2.05) is 0 Å². The Kier molecular flexibility index (Phi) is 3.19. The molecule has 0 amide bonds. The van der Waals surface area contributed by atoms with Gasteiger partial charge in [0, 0.05) is 12.6 Å². The highest BCUT2D eigenvalue weighted by Crippen LogP contribution is 2.24. The van der Waals surface area contributed by atoms with E-state index >= 15 is 0 Å². The molecule has 6 nitrogen and oxygen atoms in total. The zero-order valence-corrected chi connectivity index (χ0v) is 9.11. The van der Waals surface area contributed by atoms with Gasteiger partial charge in [0.1, 0.15) is 6.10 Å².